The highest BCUT2D eigenvalue weighted by molar-refractivity contribution is 14.0. The van der Waals surface area contributed by atoms with Gasteiger partial charge >= 0.3 is 0 Å². The first-order valence-electron chi connectivity index (χ1n) is 8.45. The largest absolute Gasteiger partial charge is 0.497 e. The Hall–Kier alpha value is -1.55. The summed E-state index contributed by atoms with van der Waals surface area (Å²) >= 11 is 1.68. The highest BCUT2D eigenvalue weighted by atomic mass is 127. The first kappa shape index (κ1) is 20.8. The maximum absolute atomic E-state index is 5.23. The fraction of sp³-hybridized carbons (Fsp3) is 0.444. The second-order valence-electron chi connectivity index (χ2n) is 5.93. The average molecular weight is 487 g/mol. The van der Waals surface area contributed by atoms with Crippen LogP contribution in [0.3, 0.4) is 0 Å². The van der Waals surface area contributed by atoms with Crippen LogP contribution in [0, 0.1) is 6.92 Å². The number of methoxy groups -OCH3 is 1. The molecule has 142 valence electrons. The molecule has 0 amide bonds. The first-order valence-corrected chi connectivity index (χ1v) is 9.33. The van der Waals surface area contributed by atoms with Gasteiger partial charge < -0.3 is 19.9 Å². The van der Waals surface area contributed by atoms with Gasteiger partial charge in [0, 0.05) is 43.8 Å². The van der Waals surface area contributed by atoms with Crippen LogP contribution < -0.4 is 15.0 Å². The number of ether oxygens (including phenoxy) is 1. The zero-order valence-electron chi connectivity index (χ0n) is 15.4. The minimum atomic E-state index is 0. The van der Waals surface area contributed by atoms with Crippen molar-refractivity contribution in [3.8, 4) is 5.75 Å². The summed E-state index contributed by atoms with van der Waals surface area (Å²) in [5, 5.41) is 3.46. The molecule has 6 nitrogen and oxygen atoms in total. The van der Waals surface area contributed by atoms with E-state index in [-0.39, 0.29) is 24.0 Å². The van der Waals surface area contributed by atoms with Crippen molar-refractivity contribution >= 4 is 47.0 Å². The summed E-state index contributed by atoms with van der Waals surface area (Å²) in [6.45, 7) is 6.69. The number of hydrogen-bond donors (Lipinski definition) is 1. The molecule has 1 saturated heterocycles. The lowest BCUT2D eigenvalue weighted by atomic mass is 10.2. The second kappa shape index (κ2) is 9.96. The van der Waals surface area contributed by atoms with Crippen molar-refractivity contribution in [3.05, 3.63) is 40.3 Å². The number of guanidine groups is 1. The Bertz CT molecular complexity index is 711. The molecule has 1 aromatic carbocycles. The number of rotatable bonds is 4. The number of aryl methyl sites for hydroxylation is 1. The van der Waals surface area contributed by atoms with Crippen LogP contribution >= 0.6 is 35.3 Å². The van der Waals surface area contributed by atoms with E-state index in [9.17, 15) is 0 Å². The normalized spacial score (nSPS) is 14.8. The highest BCUT2D eigenvalue weighted by Crippen LogP contribution is 2.20. The Morgan fingerprint density at radius 2 is 1.92 bits per heavy atom. The zero-order valence-corrected chi connectivity index (χ0v) is 18.6. The Morgan fingerprint density at radius 1 is 1.23 bits per heavy atom. The molecular formula is C18H26IN5OS. The van der Waals surface area contributed by atoms with Crippen molar-refractivity contribution < 1.29 is 4.74 Å². The topological polar surface area (TPSA) is 53.0 Å². The van der Waals surface area contributed by atoms with Gasteiger partial charge in [0.2, 0.25) is 0 Å². The fourth-order valence-electron chi connectivity index (χ4n) is 2.96. The molecule has 0 radical (unpaired) electrons. The van der Waals surface area contributed by atoms with Crippen LogP contribution in [0.5, 0.6) is 5.75 Å². The molecule has 3 rings (SSSR count). The van der Waals surface area contributed by atoms with Gasteiger partial charge in [-0.3, -0.25) is 4.99 Å². The number of thiazole rings is 1. The summed E-state index contributed by atoms with van der Waals surface area (Å²) in [6.07, 6.45) is 0. The third kappa shape index (κ3) is 5.00. The lowest BCUT2D eigenvalue weighted by molar-refractivity contribution is 0.372. The van der Waals surface area contributed by atoms with E-state index < -0.39 is 0 Å². The SMILES string of the molecule is CN=C(NCc1scnc1C)N1CCN(c2ccc(OC)cc2)CC1.I. The summed E-state index contributed by atoms with van der Waals surface area (Å²) in [6, 6.07) is 8.27. The Morgan fingerprint density at radius 3 is 2.46 bits per heavy atom. The summed E-state index contributed by atoms with van der Waals surface area (Å²) in [5.41, 5.74) is 4.23. The van der Waals surface area contributed by atoms with Crippen LogP contribution in [0.1, 0.15) is 10.6 Å². The Balaban J connectivity index is 0.00000243. The maximum atomic E-state index is 5.23. The van der Waals surface area contributed by atoms with Gasteiger partial charge in [-0.25, -0.2) is 4.98 Å². The van der Waals surface area contributed by atoms with Crippen molar-refractivity contribution in [2.45, 2.75) is 13.5 Å². The summed E-state index contributed by atoms with van der Waals surface area (Å²) in [5.74, 6) is 1.85. The maximum Gasteiger partial charge on any atom is 0.194 e. The van der Waals surface area contributed by atoms with Crippen LogP contribution in [0.15, 0.2) is 34.8 Å². The molecule has 0 aliphatic carbocycles. The number of halogens is 1. The molecule has 2 aromatic rings. The quantitative estimate of drug-likeness (QED) is 0.409. The molecule has 0 bridgehead atoms. The minimum absolute atomic E-state index is 0. The molecule has 26 heavy (non-hydrogen) atoms. The predicted molar refractivity (Wildman–Crippen MR) is 119 cm³/mol. The van der Waals surface area contributed by atoms with Gasteiger partial charge in [-0.15, -0.1) is 35.3 Å². The molecule has 1 fully saturated rings. The van der Waals surface area contributed by atoms with E-state index in [0.29, 0.717) is 0 Å². The van der Waals surface area contributed by atoms with Gasteiger partial charge in [-0.2, -0.15) is 0 Å². The fourth-order valence-corrected chi connectivity index (χ4v) is 3.67. The monoisotopic (exact) mass is 487 g/mol. The molecule has 0 spiro atoms. The smallest absolute Gasteiger partial charge is 0.194 e. The average Bonchev–Trinajstić information content (AvgIpc) is 3.08. The van der Waals surface area contributed by atoms with E-state index in [2.05, 4.69) is 37.2 Å². The standard InChI is InChI=1S/C18H25N5OS.HI/c1-14-17(25-13-21-14)12-20-18(19-2)23-10-8-22(9-11-23)15-4-6-16(24-3)7-5-15;/h4-7,13H,8-12H2,1-3H3,(H,19,20);1H. The van der Waals surface area contributed by atoms with E-state index in [4.69, 9.17) is 4.74 Å². The van der Waals surface area contributed by atoms with Gasteiger partial charge in [0.05, 0.1) is 24.9 Å². The second-order valence-corrected chi connectivity index (χ2v) is 6.87. The van der Waals surface area contributed by atoms with Crippen LogP contribution in [0.4, 0.5) is 5.69 Å². The number of nitrogens with one attached hydrogen (secondary N) is 1. The van der Waals surface area contributed by atoms with Gasteiger partial charge in [-0.1, -0.05) is 0 Å². The van der Waals surface area contributed by atoms with Crippen molar-refractivity contribution in [2.24, 2.45) is 4.99 Å². The molecule has 8 heteroatoms. The van der Waals surface area contributed by atoms with Gasteiger partial charge in [0.15, 0.2) is 5.96 Å². The van der Waals surface area contributed by atoms with E-state index in [0.717, 1.165) is 50.1 Å². The van der Waals surface area contributed by atoms with E-state index in [1.54, 1.807) is 18.4 Å². The molecule has 1 aliphatic heterocycles. The Kier molecular flexibility index (Phi) is 7.95. The number of benzene rings is 1. The Labute approximate surface area is 176 Å². The number of aliphatic imine (C=N–C) groups is 1. The van der Waals surface area contributed by atoms with Crippen molar-refractivity contribution in [1.29, 1.82) is 0 Å². The number of nitrogens with zero attached hydrogens (tertiary/aromatic N) is 4. The van der Waals surface area contributed by atoms with Crippen LogP contribution in [-0.2, 0) is 6.54 Å². The number of anilines is 1. The van der Waals surface area contributed by atoms with Crippen molar-refractivity contribution in [1.82, 2.24) is 15.2 Å². The predicted octanol–water partition coefficient (Wildman–Crippen LogP) is 2.98. The summed E-state index contributed by atoms with van der Waals surface area (Å²) in [4.78, 5) is 14.7. The molecule has 0 atom stereocenters. The number of aromatic nitrogens is 1. The third-order valence-electron chi connectivity index (χ3n) is 4.48. The molecular weight excluding hydrogens is 461 g/mol. The summed E-state index contributed by atoms with van der Waals surface area (Å²) in [7, 11) is 3.54. The lowest BCUT2D eigenvalue weighted by Crippen LogP contribution is -2.52. The van der Waals surface area contributed by atoms with Gasteiger partial charge in [0.1, 0.15) is 5.75 Å². The van der Waals surface area contributed by atoms with Crippen molar-refractivity contribution in [3.63, 3.8) is 0 Å². The molecule has 0 saturated carbocycles. The van der Waals surface area contributed by atoms with Gasteiger partial charge in [-0.05, 0) is 31.2 Å². The lowest BCUT2D eigenvalue weighted by Gasteiger charge is -2.37. The van der Waals surface area contributed by atoms with E-state index in [1.165, 1.54) is 10.6 Å². The molecule has 1 aromatic heterocycles. The van der Waals surface area contributed by atoms with Crippen LogP contribution in [0.2, 0.25) is 0 Å². The van der Waals surface area contributed by atoms with E-state index in [1.807, 2.05) is 31.6 Å². The highest BCUT2D eigenvalue weighted by Gasteiger charge is 2.20. The molecule has 1 N–H and O–H groups in total. The third-order valence-corrected chi connectivity index (χ3v) is 5.42. The molecule has 2 heterocycles. The van der Waals surface area contributed by atoms with Crippen LogP contribution in [0.25, 0.3) is 0 Å². The van der Waals surface area contributed by atoms with Crippen LogP contribution in [-0.4, -0.2) is 56.2 Å². The van der Waals surface area contributed by atoms with Crippen molar-refractivity contribution in [2.75, 3.05) is 45.2 Å². The molecule has 1 aliphatic rings. The number of hydrogen-bond acceptors (Lipinski definition) is 5. The minimum Gasteiger partial charge on any atom is -0.497 e. The first-order chi connectivity index (χ1) is 12.2. The summed E-state index contributed by atoms with van der Waals surface area (Å²) < 4.78 is 5.23. The van der Waals surface area contributed by atoms with Gasteiger partial charge in [0.25, 0.3) is 0 Å². The zero-order chi connectivity index (χ0) is 17.6. The molecule has 0 unspecified atom stereocenters. The number of piperazine rings is 1. The van der Waals surface area contributed by atoms with E-state index >= 15 is 0 Å².